The summed E-state index contributed by atoms with van der Waals surface area (Å²) in [5.41, 5.74) is 7.77. The van der Waals surface area contributed by atoms with Gasteiger partial charge in [-0.25, -0.2) is 4.79 Å². The summed E-state index contributed by atoms with van der Waals surface area (Å²) in [6, 6.07) is 2.96. The van der Waals surface area contributed by atoms with Gasteiger partial charge in [0.05, 0.1) is 12.1 Å². The van der Waals surface area contributed by atoms with Gasteiger partial charge in [0.25, 0.3) is 0 Å². The first kappa shape index (κ1) is 14.8. The summed E-state index contributed by atoms with van der Waals surface area (Å²) in [6.45, 7) is 7.68. The lowest BCUT2D eigenvalue weighted by Gasteiger charge is -2.42. The Bertz CT molecular complexity index is 518. The standard InChI is InChI=1S/C15H24N4OS/c1-3-12(16)13(14-10(2)4-7-21-14)18-5-6-19-11(9-18)8-17-15(19)20/h4,7,11-13H,3,5-6,8-9,16H2,1-2H3,(H,17,20). The lowest BCUT2D eigenvalue weighted by molar-refractivity contribution is 0.0777. The van der Waals surface area contributed by atoms with Crippen molar-refractivity contribution in [2.45, 2.75) is 38.4 Å². The van der Waals surface area contributed by atoms with E-state index in [9.17, 15) is 4.79 Å². The number of hydrogen-bond donors (Lipinski definition) is 2. The summed E-state index contributed by atoms with van der Waals surface area (Å²) < 4.78 is 0. The normalized spacial score (nSPS) is 25.6. The van der Waals surface area contributed by atoms with Crippen LogP contribution in [0.15, 0.2) is 11.4 Å². The molecule has 6 heteroatoms. The predicted molar refractivity (Wildman–Crippen MR) is 85.5 cm³/mol. The third kappa shape index (κ3) is 2.67. The van der Waals surface area contributed by atoms with Crippen LogP contribution in [0.1, 0.15) is 29.8 Å². The van der Waals surface area contributed by atoms with E-state index in [-0.39, 0.29) is 24.2 Å². The molecule has 1 aromatic rings. The molecular weight excluding hydrogens is 284 g/mol. The van der Waals surface area contributed by atoms with Crippen LogP contribution in [0.3, 0.4) is 0 Å². The van der Waals surface area contributed by atoms with Crippen LogP contribution in [0.5, 0.6) is 0 Å². The lowest BCUT2D eigenvalue weighted by Crippen LogP contribution is -2.55. The van der Waals surface area contributed by atoms with Gasteiger partial charge in [-0.15, -0.1) is 11.3 Å². The first-order chi connectivity index (χ1) is 10.1. The van der Waals surface area contributed by atoms with Gasteiger partial charge in [-0.05, 0) is 30.4 Å². The van der Waals surface area contributed by atoms with Gasteiger partial charge in [0.2, 0.25) is 0 Å². The van der Waals surface area contributed by atoms with Crippen molar-refractivity contribution in [1.82, 2.24) is 15.1 Å². The van der Waals surface area contributed by atoms with Crippen LogP contribution in [-0.2, 0) is 0 Å². The van der Waals surface area contributed by atoms with E-state index in [0.717, 1.165) is 32.6 Å². The molecule has 0 spiro atoms. The molecule has 3 heterocycles. The van der Waals surface area contributed by atoms with Gasteiger partial charge >= 0.3 is 6.03 Å². The molecule has 2 saturated heterocycles. The molecule has 2 amide bonds. The number of piperazine rings is 1. The van der Waals surface area contributed by atoms with Crippen molar-refractivity contribution in [3.8, 4) is 0 Å². The highest BCUT2D eigenvalue weighted by molar-refractivity contribution is 7.10. The van der Waals surface area contributed by atoms with Crippen LogP contribution in [0.2, 0.25) is 0 Å². The van der Waals surface area contributed by atoms with Crippen LogP contribution >= 0.6 is 11.3 Å². The van der Waals surface area contributed by atoms with Crippen molar-refractivity contribution in [2.75, 3.05) is 26.2 Å². The molecular formula is C15H24N4OS. The average molecular weight is 308 g/mol. The summed E-state index contributed by atoms with van der Waals surface area (Å²) in [5, 5.41) is 5.09. The van der Waals surface area contributed by atoms with E-state index in [1.807, 2.05) is 4.90 Å². The van der Waals surface area contributed by atoms with Crippen molar-refractivity contribution in [1.29, 1.82) is 0 Å². The summed E-state index contributed by atoms with van der Waals surface area (Å²) in [6.07, 6.45) is 0.962. The Morgan fingerprint density at radius 1 is 1.52 bits per heavy atom. The molecule has 2 aliphatic rings. The van der Waals surface area contributed by atoms with Crippen molar-refractivity contribution in [2.24, 2.45) is 5.73 Å². The van der Waals surface area contributed by atoms with Crippen LogP contribution < -0.4 is 11.1 Å². The van der Waals surface area contributed by atoms with E-state index in [1.165, 1.54) is 10.4 Å². The molecule has 0 bridgehead atoms. The fraction of sp³-hybridized carbons (Fsp3) is 0.667. The SMILES string of the molecule is CCC(N)C(c1sccc1C)N1CCN2C(=O)NCC2C1. The fourth-order valence-corrected chi connectivity index (χ4v) is 4.56. The quantitative estimate of drug-likeness (QED) is 0.887. The number of nitrogens with zero attached hydrogens (tertiary/aromatic N) is 2. The Labute approximate surface area is 130 Å². The van der Waals surface area contributed by atoms with Crippen molar-refractivity contribution in [3.05, 3.63) is 21.9 Å². The van der Waals surface area contributed by atoms with Crippen molar-refractivity contribution < 1.29 is 4.79 Å². The minimum atomic E-state index is 0.0864. The highest BCUT2D eigenvalue weighted by Gasteiger charge is 2.39. The van der Waals surface area contributed by atoms with Gasteiger partial charge < -0.3 is 16.0 Å². The minimum Gasteiger partial charge on any atom is -0.336 e. The van der Waals surface area contributed by atoms with E-state index in [2.05, 4.69) is 35.5 Å². The minimum absolute atomic E-state index is 0.0864. The molecule has 0 saturated carbocycles. The largest absolute Gasteiger partial charge is 0.336 e. The van der Waals surface area contributed by atoms with E-state index in [4.69, 9.17) is 5.73 Å². The molecule has 0 aromatic carbocycles. The number of carbonyl (C=O) groups excluding carboxylic acids is 1. The maximum Gasteiger partial charge on any atom is 0.317 e. The number of nitrogens with one attached hydrogen (secondary N) is 1. The first-order valence-electron chi connectivity index (χ1n) is 7.70. The summed E-state index contributed by atoms with van der Waals surface area (Å²) in [5.74, 6) is 0. The zero-order chi connectivity index (χ0) is 15.0. The van der Waals surface area contributed by atoms with E-state index in [0.29, 0.717) is 0 Å². The molecule has 3 atom stereocenters. The highest BCUT2D eigenvalue weighted by atomic mass is 32.1. The maximum atomic E-state index is 11.7. The number of nitrogens with two attached hydrogens (primary N) is 1. The Balaban J connectivity index is 1.81. The lowest BCUT2D eigenvalue weighted by atomic mass is 9.98. The van der Waals surface area contributed by atoms with E-state index in [1.54, 1.807) is 11.3 Å². The molecule has 5 nitrogen and oxygen atoms in total. The molecule has 3 N–H and O–H groups in total. The highest BCUT2D eigenvalue weighted by Crippen LogP contribution is 2.33. The Morgan fingerprint density at radius 2 is 2.33 bits per heavy atom. The van der Waals surface area contributed by atoms with Crippen LogP contribution in [0.25, 0.3) is 0 Å². The molecule has 116 valence electrons. The van der Waals surface area contributed by atoms with Crippen molar-refractivity contribution >= 4 is 17.4 Å². The van der Waals surface area contributed by atoms with Gasteiger partial charge in [0.15, 0.2) is 0 Å². The monoisotopic (exact) mass is 308 g/mol. The number of fused-ring (bicyclic) bond motifs is 1. The Kier molecular flexibility index (Phi) is 4.19. The van der Waals surface area contributed by atoms with Gasteiger partial charge in [0, 0.05) is 37.1 Å². The average Bonchev–Trinajstić information content (AvgIpc) is 3.06. The summed E-state index contributed by atoms with van der Waals surface area (Å²) >= 11 is 1.80. The molecule has 0 aliphatic carbocycles. The Hall–Kier alpha value is -1.11. The zero-order valence-electron chi connectivity index (χ0n) is 12.7. The molecule has 0 radical (unpaired) electrons. The number of amides is 2. The van der Waals surface area contributed by atoms with E-state index >= 15 is 0 Å². The molecule has 3 rings (SSSR count). The van der Waals surface area contributed by atoms with Crippen LogP contribution in [0, 0.1) is 6.92 Å². The Morgan fingerprint density at radius 3 is 3.00 bits per heavy atom. The van der Waals surface area contributed by atoms with Crippen LogP contribution in [-0.4, -0.2) is 54.1 Å². The zero-order valence-corrected chi connectivity index (χ0v) is 13.5. The number of urea groups is 1. The van der Waals surface area contributed by atoms with Crippen molar-refractivity contribution in [3.63, 3.8) is 0 Å². The first-order valence-corrected chi connectivity index (χ1v) is 8.58. The van der Waals surface area contributed by atoms with Gasteiger partial charge in [-0.2, -0.15) is 0 Å². The molecule has 3 unspecified atom stereocenters. The van der Waals surface area contributed by atoms with Crippen LogP contribution in [0.4, 0.5) is 4.79 Å². The van der Waals surface area contributed by atoms with Gasteiger partial charge in [0.1, 0.15) is 0 Å². The molecule has 1 aromatic heterocycles. The van der Waals surface area contributed by atoms with Gasteiger partial charge in [-0.3, -0.25) is 4.90 Å². The fourth-order valence-electron chi connectivity index (χ4n) is 3.42. The number of aryl methyl sites for hydroxylation is 1. The number of rotatable bonds is 4. The summed E-state index contributed by atoms with van der Waals surface area (Å²) in [4.78, 5) is 17.6. The third-order valence-electron chi connectivity index (χ3n) is 4.70. The molecule has 2 aliphatic heterocycles. The number of hydrogen-bond acceptors (Lipinski definition) is 4. The predicted octanol–water partition coefficient (Wildman–Crippen LogP) is 1.54. The smallest absolute Gasteiger partial charge is 0.317 e. The van der Waals surface area contributed by atoms with E-state index < -0.39 is 0 Å². The third-order valence-corrected chi connectivity index (χ3v) is 5.79. The second kappa shape index (κ2) is 5.94. The maximum absolute atomic E-state index is 11.7. The molecule has 21 heavy (non-hydrogen) atoms. The summed E-state index contributed by atoms with van der Waals surface area (Å²) in [7, 11) is 0. The second-order valence-electron chi connectivity index (χ2n) is 6.01. The number of thiophene rings is 1. The topological polar surface area (TPSA) is 61.6 Å². The second-order valence-corrected chi connectivity index (χ2v) is 6.96. The van der Waals surface area contributed by atoms with Gasteiger partial charge in [-0.1, -0.05) is 6.92 Å². The molecule has 2 fully saturated rings. The number of carbonyl (C=O) groups is 1.